The topological polar surface area (TPSA) is 29.9 Å². The molecule has 0 saturated carbocycles. The number of nitrogens with one attached hydrogen (secondary N) is 1. The average molecular weight is 287 g/mol. The Hall–Kier alpha value is -1.35. The van der Waals surface area contributed by atoms with Crippen molar-refractivity contribution >= 4 is 11.0 Å². The van der Waals surface area contributed by atoms with Gasteiger partial charge in [0.25, 0.3) is 0 Å². The molecule has 21 heavy (non-hydrogen) atoms. The van der Waals surface area contributed by atoms with Crippen molar-refractivity contribution in [1.29, 1.82) is 0 Å². The van der Waals surface area contributed by atoms with E-state index < -0.39 is 0 Å². The van der Waals surface area contributed by atoms with E-state index >= 15 is 0 Å². The monoisotopic (exact) mass is 287 g/mol. The Kier molecular flexibility index (Phi) is 6.24. The highest BCUT2D eigenvalue weighted by Gasteiger charge is 2.08. The van der Waals surface area contributed by atoms with E-state index in [9.17, 15) is 0 Å². The number of hydrogen-bond donors (Lipinski definition) is 1. The maximum atomic E-state index is 4.72. The van der Waals surface area contributed by atoms with E-state index in [0.29, 0.717) is 6.04 Å². The van der Waals surface area contributed by atoms with Crippen LogP contribution in [0.15, 0.2) is 24.3 Å². The van der Waals surface area contributed by atoms with Crippen molar-refractivity contribution in [2.45, 2.75) is 65.5 Å². The fourth-order valence-corrected chi connectivity index (χ4v) is 2.87. The Morgan fingerprint density at radius 3 is 2.76 bits per heavy atom. The van der Waals surface area contributed by atoms with Crippen LogP contribution in [0.25, 0.3) is 11.0 Å². The molecule has 0 spiro atoms. The summed E-state index contributed by atoms with van der Waals surface area (Å²) in [7, 11) is 0. The van der Waals surface area contributed by atoms with Crippen molar-refractivity contribution in [2.24, 2.45) is 0 Å². The second-order valence-corrected chi connectivity index (χ2v) is 5.87. The predicted molar refractivity (Wildman–Crippen MR) is 90.7 cm³/mol. The molecule has 1 aromatic carbocycles. The third-order valence-electron chi connectivity index (χ3n) is 4.12. The van der Waals surface area contributed by atoms with Gasteiger partial charge in [-0.15, -0.1) is 0 Å². The average Bonchev–Trinajstić information content (AvgIpc) is 2.86. The summed E-state index contributed by atoms with van der Waals surface area (Å²) in [6.07, 6.45) is 6.24. The molecule has 0 aliphatic rings. The molecule has 0 saturated heterocycles. The summed E-state index contributed by atoms with van der Waals surface area (Å²) >= 11 is 0. The number of unbranched alkanes of at least 4 members (excludes halogenated alkanes) is 2. The predicted octanol–water partition coefficient (Wildman–Crippen LogP) is 4.16. The maximum Gasteiger partial charge on any atom is 0.109 e. The summed E-state index contributed by atoms with van der Waals surface area (Å²) in [5, 5.41) is 3.65. The van der Waals surface area contributed by atoms with Gasteiger partial charge in [-0.05, 0) is 25.5 Å². The van der Waals surface area contributed by atoms with E-state index in [2.05, 4.69) is 54.9 Å². The lowest BCUT2D eigenvalue weighted by molar-refractivity contribution is 0.470. The minimum Gasteiger partial charge on any atom is -0.327 e. The molecule has 0 fully saturated rings. The lowest BCUT2D eigenvalue weighted by Crippen LogP contribution is -2.29. The van der Waals surface area contributed by atoms with Crippen molar-refractivity contribution in [3.63, 3.8) is 0 Å². The van der Waals surface area contributed by atoms with E-state index in [1.165, 1.54) is 37.0 Å². The van der Waals surface area contributed by atoms with Crippen molar-refractivity contribution in [3.05, 3.63) is 30.1 Å². The number of nitrogens with zero attached hydrogens (tertiary/aromatic N) is 2. The minimum absolute atomic E-state index is 0.608. The van der Waals surface area contributed by atoms with Gasteiger partial charge < -0.3 is 9.88 Å². The Morgan fingerprint density at radius 2 is 2.00 bits per heavy atom. The molecule has 3 nitrogen and oxygen atoms in total. The van der Waals surface area contributed by atoms with Gasteiger partial charge in [-0.1, -0.05) is 45.2 Å². The number of imidazole rings is 1. The maximum absolute atomic E-state index is 4.72. The third-order valence-corrected chi connectivity index (χ3v) is 4.12. The van der Waals surface area contributed by atoms with Crippen LogP contribution in [0.1, 0.15) is 52.3 Å². The highest BCUT2D eigenvalue weighted by molar-refractivity contribution is 5.75. The van der Waals surface area contributed by atoms with Gasteiger partial charge in [0, 0.05) is 25.6 Å². The first-order chi connectivity index (χ1) is 10.3. The molecule has 1 heterocycles. The number of benzene rings is 1. The second kappa shape index (κ2) is 8.18. The molecule has 0 amide bonds. The van der Waals surface area contributed by atoms with Gasteiger partial charge in [0.15, 0.2) is 0 Å². The van der Waals surface area contributed by atoms with Crippen LogP contribution in [0.4, 0.5) is 0 Å². The van der Waals surface area contributed by atoms with Crippen LogP contribution in [-0.4, -0.2) is 22.1 Å². The normalized spacial score (nSPS) is 12.9. The smallest absolute Gasteiger partial charge is 0.109 e. The van der Waals surface area contributed by atoms with E-state index in [-0.39, 0.29) is 0 Å². The van der Waals surface area contributed by atoms with Crippen LogP contribution in [0, 0.1) is 0 Å². The molecular formula is C18H29N3. The fourth-order valence-electron chi connectivity index (χ4n) is 2.87. The highest BCUT2D eigenvalue weighted by atomic mass is 15.1. The summed E-state index contributed by atoms with van der Waals surface area (Å²) in [5.74, 6) is 1.19. The fraction of sp³-hybridized carbons (Fsp3) is 0.611. The molecule has 1 aromatic heterocycles. The van der Waals surface area contributed by atoms with Gasteiger partial charge >= 0.3 is 0 Å². The standard InChI is InChI=1S/C18H29N3/c1-4-6-7-10-15(3)19-13-14-21-17-12-9-8-11-16(17)20-18(21)5-2/h8-9,11-12,15,19H,4-7,10,13-14H2,1-3H3. The molecule has 1 atom stereocenters. The first kappa shape index (κ1) is 16.0. The van der Waals surface area contributed by atoms with E-state index in [1.54, 1.807) is 0 Å². The van der Waals surface area contributed by atoms with E-state index in [0.717, 1.165) is 25.0 Å². The minimum atomic E-state index is 0.608. The molecule has 116 valence electrons. The van der Waals surface area contributed by atoms with Crippen LogP contribution in [0.5, 0.6) is 0 Å². The lowest BCUT2D eigenvalue weighted by Gasteiger charge is -2.15. The number of hydrogen-bond acceptors (Lipinski definition) is 2. The zero-order valence-corrected chi connectivity index (χ0v) is 13.7. The molecular weight excluding hydrogens is 258 g/mol. The Labute approximate surface area is 128 Å². The largest absolute Gasteiger partial charge is 0.327 e. The van der Waals surface area contributed by atoms with E-state index in [4.69, 9.17) is 4.98 Å². The van der Waals surface area contributed by atoms with Crippen LogP contribution in [0.2, 0.25) is 0 Å². The summed E-state index contributed by atoms with van der Waals surface area (Å²) in [6.45, 7) is 8.75. The van der Waals surface area contributed by atoms with Gasteiger partial charge in [-0.2, -0.15) is 0 Å². The first-order valence-electron chi connectivity index (χ1n) is 8.43. The Morgan fingerprint density at radius 1 is 1.19 bits per heavy atom. The summed E-state index contributed by atoms with van der Waals surface area (Å²) in [6, 6.07) is 9.04. The van der Waals surface area contributed by atoms with E-state index in [1.807, 2.05) is 0 Å². The van der Waals surface area contributed by atoms with Crippen LogP contribution in [-0.2, 0) is 13.0 Å². The van der Waals surface area contributed by atoms with Crippen molar-refractivity contribution in [3.8, 4) is 0 Å². The second-order valence-electron chi connectivity index (χ2n) is 5.87. The first-order valence-corrected chi connectivity index (χ1v) is 8.43. The van der Waals surface area contributed by atoms with Gasteiger partial charge in [0.05, 0.1) is 11.0 Å². The van der Waals surface area contributed by atoms with Crippen molar-refractivity contribution in [2.75, 3.05) is 6.54 Å². The summed E-state index contributed by atoms with van der Waals surface area (Å²) in [5.41, 5.74) is 2.38. The molecule has 2 aromatic rings. The van der Waals surface area contributed by atoms with Crippen LogP contribution in [0.3, 0.4) is 0 Å². The summed E-state index contributed by atoms with van der Waals surface area (Å²) < 4.78 is 2.36. The number of fused-ring (bicyclic) bond motifs is 1. The van der Waals surface area contributed by atoms with Crippen LogP contribution >= 0.6 is 0 Å². The van der Waals surface area contributed by atoms with Gasteiger partial charge in [0.2, 0.25) is 0 Å². The molecule has 2 rings (SSSR count). The number of aryl methyl sites for hydroxylation is 1. The quantitative estimate of drug-likeness (QED) is 0.702. The lowest BCUT2D eigenvalue weighted by atomic mass is 10.1. The molecule has 0 bridgehead atoms. The Balaban J connectivity index is 1.91. The number of para-hydroxylation sites is 2. The zero-order valence-electron chi connectivity index (χ0n) is 13.7. The van der Waals surface area contributed by atoms with Crippen molar-refractivity contribution in [1.82, 2.24) is 14.9 Å². The molecule has 1 unspecified atom stereocenters. The summed E-state index contributed by atoms with van der Waals surface area (Å²) in [4.78, 5) is 4.72. The molecule has 3 heteroatoms. The van der Waals surface area contributed by atoms with Crippen molar-refractivity contribution < 1.29 is 0 Å². The Bertz CT molecular complexity index is 544. The SMILES string of the molecule is CCCCCC(C)NCCn1c(CC)nc2ccccc21. The van der Waals surface area contributed by atoms with Crippen LogP contribution < -0.4 is 5.32 Å². The number of rotatable bonds is 9. The molecule has 0 aliphatic heterocycles. The third kappa shape index (κ3) is 4.31. The molecule has 0 aliphatic carbocycles. The number of aromatic nitrogens is 2. The van der Waals surface area contributed by atoms with Gasteiger partial charge in [0.1, 0.15) is 5.82 Å². The highest BCUT2D eigenvalue weighted by Crippen LogP contribution is 2.16. The molecule has 1 N–H and O–H groups in total. The van der Waals surface area contributed by atoms with Gasteiger partial charge in [-0.25, -0.2) is 4.98 Å². The van der Waals surface area contributed by atoms with Gasteiger partial charge in [-0.3, -0.25) is 0 Å². The zero-order chi connectivity index (χ0) is 15.1. The molecule has 0 radical (unpaired) electrons.